The van der Waals surface area contributed by atoms with E-state index in [9.17, 15) is 4.79 Å². The molecule has 0 bridgehead atoms. The van der Waals surface area contributed by atoms with Crippen molar-refractivity contribution in [3.05, 3.63) is 35.4 Å². The predicted molar refractivity (Wildman–Crippen MR) is 80.7 cm³/mol. The van der Waals surface area contributed by atoms with Gasteiger partial charge in [0.2, 0.25) is 5.91 Å². The number of nitrogens with zero attached hydrogens (tertiary/aromatic N) is 3. The first kappa shape index (κ1) is 14.1. The Morgan fingerprint density at radius 1 is 1.19 bits per heavy atom. The summed E-state index contributed by atoms with van der Waals surface area (Å²) in [4.78, 5) is 16.9. The molecule has 1 amide bonds. The van der Waals surface area contributed by atoms with Crippen LogP contribution in [0.2, 0.25) is 0 Å². The van der Waals surface area contributed by atoms with Crippen LogP contribution in [0.3, 0.4) is 0 Å². The van der Waals surface area contributed by atoms with Gasteiger partial charge in [0.15, 0.2) is 0 Å². The van der Waals surface area contributed by atoms with Crippen LogP contribution in [-0.4, -0.2) is 47.9 Å². The first-order chi connectivity index (χ1) is 10.3. The van der Waals surface area contributed by atoms with Crippen molar-refractivity contribution in [1.29, 1.82) is 5.26 Å². The smallest absolute Gasteiger partial charge is 0.227 e. The molecular weight excluding hydrogens is 262 g/mol. The second kappa shape index (κ2) is 6.28. The molecule has 2 saturated heterocycles. The van der Waals surface area contributed by atoms with Crippen LogP contribution < -0.4 is 0 Å². The number of carbonyl (C=O) groups is 1. The van der Waals surface area contributed by atoms with Crippen LogP contribution in [0.15, 0.2) is 24.3 Å². The Morgan fingerprint density at radius 2 is 1.90 bits per heavy atom. The van der Waals surface area contributed by atoms with E-state index in [1.54, 1.807) is 12.1 Å². The number of likely N-dealkylation sites (tertiary alicyclic amines) is 2. The summed E-state index contributed by atoms with van der Waals surface area (Å²) in [6.07, 6.45) is 4.16. The molecule has 4 nitrogen and oxygen atoms in total. The molecule has 1 unspecified atom stereocenters. The molecule has 0 aliphatic carbocycles. The van der Waals surface area contributed by atoms with E-state index in [2.05, 4.69) is 11.0 Å². The van der Waals surface area contributed by atoms with Crippen LogP contribution in [0.4, 0.5) is 0 Å². The lowest BCUT2D eigenvalue weighted by Gasteiger charge is -2.23. The van der Waals surface area contributed by atoms with Crippen molar-refractivity contribution in [2.24, 2.45) is 0 Å². The fraction of sp³-hybridized carbons (Fsp3) is 0.529. The van der Waals surface area contributed by atoms with Gasteiger partial charge in [-0.1, -0.05) is 12.1 Å². The molecule has 0 saturated carbocycles. The number of hydrogen-bond donors (Lipinski definition) is 0. The lowest BCUT2D eigenvalue weighted by atomic mass is 10.1. The van der Waals surface area contributed by atoms with Crippen LogP contribution >= 0.6 is 0 Å². The molecule has 110 valence electrons. The normalized spacial score (nSPS) is 22.4. The topological polar surface area (TPSA) is 47.3 Å². The fourth-order valence-corrected chi connectivity index (χ4v) is 3.36. The van der Waals surface area contributed by atoms with Crippen molar-refractivity contribution in [2.45, 2.75) is 31.7 Å². The summed E-state index contributed by atoms with van der Waals surface area (Å²) in [5, 5.41) is 8.79. The highest BCUT2D eigenvalue weighted by Gasteiger charge is 2.31. The molecule has 0 radical (unpaired) electrons. The molecular formula is C17H21N3O. The Balaban J connectivity index is 1.54. The van der Waals surface area contributed by atoms with Gasteiger partial charge in [-0.3, -0.25) is 9.69 Å². The third-order valence-electron chi connectivity index (χ3n) is 4.61. The summed E-state index contributed by atoms with van der Waals surface area (Å²) in [6.45, 7) is 4.16. The zero-order valence-corrected chi connectivity index (χ0v) is 12.3. The van der Waals surface area contributed by atoms with Crippen molar-refractivity contribution in [3.63, 3.8) is 0 Å². The molecule has 0 spiro atoms. The highest BCUT2D eigenvalue weighted by atomic mass is 16.2. The fourth-order valence-electron chi connectivity index (χ4n) is 3.36. The monoisotopic (exact) mass is 283 g/mol. The van der Waals surface area contributed by atoms with E-state index < -0.39 is 0 Å². The van der Waals surface area contributed by atoms with Crippen LogP contribution in [0, 0.1) is 11.3 Å². The number of rotatable bonds is 3. The van der Waals surface area contributed by atoms with E-state index >= 15 is 0 Å². The summed E-state index contributed by atoms with van der Waals surface area (Å²) in [6, 6.07) is 9.98. The third kappa shape index (κ3) is 3.25. The van der Waals surface area contributed by atoms with E-state index in [4.69, 9.17) is 5.26 Å². The van der Waals surface area contributed by atoms with Gasteiger partial charge >= 0.3 is 0 Å². The van der Waals surface area contributed by atoms with E-state index in [0.717, 1.165) is 25.1 Å². The largest absolute Gasteiger partial charge is 0.341 e. The number of nitriles is 1. The molecule has 21 heavy (non-hydrogen) atoms. The van der Waals surface area contributed by atoms with Gasteiger partial charge < -0.3 is 4.90 Å². The second-order valence-electron chi connectivity index (χ2n) is 6.01. The standard InChI is InChI=1S/C17H21N3O/c18-12-15-5-3-14(4-6-15)11-17(21)20-10-7-16(13-20)19-8-1-2-9-19/h3-6,16H,1-2,7-11,13H2. The Labute approximate surface area is 126 Å². The molecule has 0 N–H and O–H groups in total. The van der Waals surface area contributed by atoms with Gasteiger partial charge in [-0.25, -0.2) is 0 Å². The second-order valence-corrected chi connectivity index (χ2v) is 6.01. The van der Waals surface area contributed by atoms with Gasteiger partial charge in [0, 0.05) is 19.1 Å². The molecule has 3 rings (SSSR count). The number of benzene rings is 1. The predicted octanol–water partition coefficient (Wildman–Crippen LogP) is 1.80. The Kier molecular flexibility index (Phi) is 4.21. The first-order valence-electron chi connectivity index (χ1n) is 7.77. The molecule has 0 aromatic heterocycles. The minimum absolute atomic E-state index is 0.210. The number of amides is 1. The van der Waals surface area contributed by atoms with E-state index in [0.29, 0.717) is 18.0 Å². The molecule has 1 aromatic carbocycles. The van der Waals surface area contributed by atoms with E-state index in [1.807, 2.05) is 17.0 Å². The quantitative estimate of drug-likeness (QED) is 0.850. The van der Waals surface area contributed by atoms with Gasteiger partial charge in [0.1, 0.15) is 0 Å². The summed E-state index contributed by atoms with van der Waals surface area (Å²) in [5.74, 6) is 0.210. The van der Waals surface area contributed by atoms with Crippen molar-refractivity contribution >= 4 is 5.91 Å². The average Bonchev–Trinajstić information content (AvgIpc) is 3.19. The molecule has 1 aromatic rings. The van der Waals surface area contributed by atoms with Gasteiger partial charge in [-0.2, -0.15) is 5.26 Å². The van der Waals surface area contributed by atoms with Crippen LogP contribution in [0.5, 0.6) is 0 Å². The van der Waals surface area contributed by atoms with Crippen molar-refractivity contribution in [3.8, 4) is 6.07 Å². The van der Waals surface area contributed by atoms with E-state index in [-0.39, 0.29) is 5.91 Å². The zero-order chi connectivity index (χ0) is 14.7. The Bertz CT molecular complexity index is 540. The number of carbonyl (C=O) groups excluding carboxylic acids is 1. The molecule has 4 heteroatoms. The number of hydrogen-bond acceptors (Lipinski definition) is 3. The lowest BCUT2D eigenvalue weighted by molar-refractivity contribution is -0.129. The summed E-state index contributed by atoms with van der Waals surface area (Å²) < 4.78 is 0. The summed E-state index contributed by atoms with van der Waals surface area (Å²) >= 11 is 0. The van der Waals surface area contributed by atoms with Crippen molar-refractivity contribution in [1.82, 2.24) is 9.80 Å². The van der Waals surface area contributed by atoms with Gasteiger partial charge in [-0.05, 0) is 50.0 Å². The first-order valence-corrected chi connectivity index (χ1v) is 7.77. The average molecular weight is 283 g/mol. The van der Waals surface area contributed by atoms with Crippen molar-refractivity contribution in [2.75, 3.05) is 26.2 Å². The van der Waals surface area contributed by atoms with Crippen molar-refractivity contribution < 1.29 is 4.79 Å². The SMILES string of the molecule is N#Cc1ccc(CC(=O)N2CCC(N3CCCC3)C2)cc1. The zero-order valence-electron chi connectivity index (χ0n) is 12.3. The summed E-state index contributed by atoms with van der Waals surface area (Å²) in [7, 11) is 0. The van der Waals surface area contributed by atoms with Crippen LogP contribution in [0.1, 0.15) is 30.4 Å². The molecule has 2 aliphatic rings. The minimum Gasteiger partial charge on any atom is -0.341 e. The van der Waals surface area contributed by atoms with Crippen LogP contribution in [0.25, 0.3) is 0 Å². The molecule has 2 fully saturated rings. The van der Waals surface area contributed by atoms with Gasteiger partial charge in [-0.15, -0.1) is 0 Å². The van der Waals surface area contributed by atoms with Gasteiger partial charge in [0.25, 0.3) is 0 Å². The Hall–Kier alpha value is -1.86. The van der Waals surface area contributed by atoms with Crippen LogP contribution in [-0.2, 0) is 11.2 Å². The molecule has 2 heterocycles. The third-order valence-corrected chi connectivity index (χ3v) is 4.61. The molecule has 1 atom stereocenters. The molecule has 2 aliphatic heterocycles. The van der Waals surface area contributed by atoms with Gasteiger partial charge in [0.05, 0.1) is 18.1 Å². The minimum atomic E-state index is 0.210. The maximum Gasteiger partial charge on any atom is 0.227 e. The Morgan fingerprint density at radius 3 is 2.57 bits per heavy atom. The maximum absolute atomic E-state index is 12.4. The summed E-state index contributed by atoms with van der Waals surface area (Å²) in [5.41, 5.74) is 1.63. The maximum atomic E-state index is 12.4. The highest BCUT2D eigenvalue weighted by molar-refractivity contribution is 5.79. The van der Waals surface area contributed by atoms with E-state index in [1.165, 1.54) is 25.9 Å². The highest BCUT2D eigenvalue weighted by Crippen LogP contribution is 2.21. The lowest BCUT2D eigenvalue weighted by Crippen LogP contribution is -2.37.